The summed E-state index contributed by atoms with van der Waals surface area (Å²) < 4.78 is 5.24. The number of carbonyl (C=O) groups excluding carboxylic acids is 2. The highest BCUT2D eigenvalue weighted by Gasteiger charge is 2.28. The Kier molecular flexibility index (Phi) is 4.99. The number of nitrogens with one attached hydrogen (secondary N) is 1. The highest BCUT2D eigenvalue weighted by Crippen LogP contribution is 2.17. The van der Waals surface area contributed by atoms with Gasteiger partial charge in [0.25, 0.3) is 0 Å². The minimum Gasteiger partial charge on any atom is -0.346 e. The molecule has 1 aliphatic heterocycles. The minimum absolute atomic E-state index is 0.0504. The van der Waals surface area contributed by atoms with E-state index in [-0.39, 0.29) is 12.0 Å². The van der Waals surface area contributed by atoms with Crippen molar-refractivity contribution in [2.24, 2.45) is 0 Å². The number of amides is 2. The smallest absolute Gasteiger partial charge is 0.324 e. The summed E-state index contributed by atoms with van der Waals surface area (Å²) in [5.41, 5.74) is 0. The molecule has 0 spiro atoms. The summed E-state index contributed by atoms with van der Waals surface area (Å²) in [5, 5.41) is 6.55. The molecule has 122 valence electrons. The van der Waals surface area contributed by atoms with Gasteiger partial charge in [-0.1, -0.05) is 19.0 Å². The van der Waals surface area contributed by atoms with Gasteiger partial charge in [0.1, 0.15) is 0 Å². The first-order valence-electron chi connectivity index (χ1n) is 7.56. The van der Waals surface area contributed by atoms with Crippen molar-refractivity contribution in [1.29, 1.82) is 0 Å². The van der Waals surface area contributed by atoms with Gasteiger partial charge in [0, 0.05) is 38.1 Å². The number of aromatic nitrogens is 2. The van der Waals surface area contributed by atoms with E-state index in [0.29, 0.717) is 38.0 Å². The molecule has 1 aliphatic rings. The second-order valence-corrected chi connectivity index (χ2v) is 6.00. The first-order valence-corrected chi connectivity index (χ1v) is 7.56. The topological polar surface area (TPSA) is 91.6 Å². The van der Waals surface area contributed by atoms with Gasteiger partial charge in [-0.05, 0) is 13.8 Å². The summed E-state index contributed by atoms with van der Waals surface area (Å²) in [5.74, 6) is -0.157. The van der Waals surface area contributed by atoms with Crippen LogP contribution in [0.3, 0.4) is 0 Å². The lowest BCUT2D eigenvalue weighted by molar-refractivity contribution is -0.146. The van der Waals surface area contributed by atoms with E-state index in [9.17, 15) is 9.59 Å². The molecule has 2 amide bonds. The largest absolute Gasteiger partial charge is 0.346 e. The van der Waals surface area contributed by atoms with Crippen LogP contribution in [-0.4, -0.2) is 59.1 Å². The van der Waals surface area contributed by atoms with Crippen LogP contribution in [0.1, 0.15) is 39.4 Å². The molecular weight excluding hydrogens is 286 g/mol. The predicted octanol–water partition coefficient (Wildman–Crippen LogP) is 0.366. The Bertz CT molecular complexity index is 532. The third-order valence-corrected chi connectivity index (χ3v) is 3.40. The molecule has 0 atom stereocenters. The molecule has 8 nitrogen and oxygen atoms in total. The zero-order valence-electron chi connectivity index (χ0n) is 13.5. The van der Waals surface area contributed by atoms with Crippen LogP contribution in [0.25, 0.3) is 0 Å². The molecule has 0 bridgehead atoms. The second-order valence-electron chi connectivity index (χ2n) is 6.00. The van der Waals surface area contributed by atoms with Gasteiger partial charge in [-0.3, -0.25) is 9.59 Å². The molecule has 1 saturated heterocycles. The van der Waals surface area contributed by atoms with Gasteiger partial charge in [-0.25, -0.2) is 0 Å². The molecule has 1 fully saturated rings. The maximum absolute atomic E-state index is 12.0. The van der Waals surface area contributed by atoms with Gasteiger partial charge in [-0.15, -0.1) is 0 Å². The molecule has 0 aliphatic carbocycles. The van der Waals surface area contributed by atoms with E-state index in [4.69, 9.17) is 4.52 Å². The van der Waals surface area contributed by atoms with E-state index in [1.807, 2.05) is 32.6 Å². The molecule has 0 saturated carbocycles. The van der Waals surface area contributed by atoms with Gasteiger partial charge in [0.2, 0.25) is 0 Å². The summed E-state index contributed by atoms with van der Waals surface area (Å²) >= 11 is 0. The molecular formula is C14H23N5O3. The van der Waals surface area contributed by atoms with Crippen LogP contribution in [0.5, 0.6) is 0 Å². The first-order chi connectivity index (χ1) is 10.4. The maximum Gasteiger partial charge on any atom is 0.324 e. The van der Waals surface area contributed by atoms with E-state index in [1.54, 1.807) is 4.90 Å². The van der Waals surface area contributed by atoms with E-state index >= 15 is 0 Å². The Balaban J connectivity index is 1.89. The highest BCUT2D eigenvalue weighted by atomic mass is 16.5. The fourth-order valence-corrected chi connectivity index (χ4v) is 2.16. The maximum atomic E-state index is 12.0. The number of carbonyl (C=O) groups is 2. The Hall–Kier alpha value is -2.12. The van der Waals surface area contributed by atoms with Crippen molar-refractivity contribution in [3.8, 4) is 0 Å². The Labute approximate surface area is 129 Å². The molecule has 0 radical (unpaired) electrons. The molecule has 1 aromatic heterocycles. The number of nitrogens with zero attached hydrogens (tertiary/aromatic N) is 4. The van der Waals surface area contributed by atoms with Crippen LogP contribution >= 0.6 is 0 Å². The molecule has 0 aromatic carbocycles. The zero-order valence-corrected chi connectivity index (χ0v) is 13.5. The lowest BCUT2D eigenvalue weighted by atomic mass is 10.2. The van der Waals surface area contributed by atoms with Crippen molar-refractivity contribution in [1.82, 2.24) is 20.4 Å². The zero-order chi connectivity index (χ0) is 16.3. The number of hydrogen-bond donors (Lipinski definition) is 1. The third kappa shape index (κ3) is 3.75. The average Bonchev–Trinajstić information content (AvgIpc) is 2.96. The van der Waals surface area contributed by atoms with E-state index < -0.39 is 11.8 Å². The Morgan fingerprint density at radius 3 is 2.27 bits per heavy atom. The predicted molar refractivity (Wildman–Crippen MR) is 80.5 cm³/mol. The molecule has 22 heavy (non-hydrogen) atoms. The average molecular weight is 309 g/mol. The van der Waals surface area contributed by atoms with Crippen LogP contribution in [0.4, 0.5) is 6.01 Å². The van der Waals surface area contributed by atoms with Crippen molar-refractivity contribution in [2.45, 2.75) is 39.7 Å². The van der Waals surface area contributed by atoms with Crippen molar-refractivity contribution in [3.05, 3.63) is 5.82 Å². The lowest BCUT2D eigenvalue weighted by Crippen LogP contribution is -2.53. The lowest BCUT2D eigenvalue weighted by Gasteiger charge is -2.33. The molecule has 1 aromatic rings. The van der Waals surface area contributed by atoms with Crippen LogP contribution in [0.15, 0.2) is 4.52 Å². The van der Waals surface area contributed by atoms with Crippen LogP contribution in [0.2, 0.25) is 0 Å². The fourth-order valence-electron chi connectivity index (χ4n) is 2.16. The molecule has 0 unspecified atom stereocenters. The number of anilines is 1. The highest BCUT2D eigenvalue weighted by molar-refractivity contribution is 6.35. The fraction of sp³-hybridized carbons (Fsp3) is 0.714. The second kappa shape index (κ2) is 6.76. The number of hydrogen-bond acceptors (Lipinski definition) is 6. The minimum atomic E-state index is -0.552. The standard InChI is InChI=1S/C14H23N5O3/c1-9(2)11-16-14(22-17-11)19-7-5-18(6-8-19)13(21)12(20)15-10(3)4/h9-10H,5-8H2,1-4H3,(H,15,20). The van der Waals surface area contributed by atoms with E-state index in [1.165, 1.54) is 0 Å². The van der Waals surface area contributed by atoms with Crippen molar-refractivity contribution >= 4 is 17.8 Å². The van der Waals surface area contributed by atoms with Gasteiger partial charge in [0.05, 0.1) is 0 Å². The summed E-state index contributed by atoms with van der Waals surface area (Å²) in [6.45, 7) is 9.71. The monoisotopic (exact) mass is 309 g/mol. The van der Waals surface area contributed by atoms with Crippen molar-refractivity contribution in [3.63, 3.8) is 0 Å². The molecule has 2 heterocycles. The summed E-state index contributed by atoms with van der Waals surface area (Å²) in [6, 6.07) is 0.424. The van der Waals surface area contributed by atoms with Crippen molar-refractivity contribution in [2.75, 3.05) is 31.1 Å². The summed E-state index contributed by atoms with van der Waals surface area (Å²) in [6.07, 6.45) is 0. The van der Waals surface area contributed by atoms with Gasteiger partial charge in [-0.2, -0.15) is 4.98 Å². The summed E-state index contributed by atoms with van der Waals surface area (Å²) in [4.78, 5) is 31.6. The van der Waals surface area contributed by atoms with Gasteiger partial charge >= 0.3 is 17.8 Å². The quantitative estimate of drug-likeness (QED) is 0.811. The SMILES string of the molecule is CC(C)NC(=O)C(=O)N1CCN(c2nc(C(C)C)no2)CC1. The van der Waals surface area contributed by atoms with E-state index in [0.717, 1.165) is 0 Å². The molecule has 1 N–H and O–H groups in total. The van der Waals surface area contributed by atoms with E-state index in [2.05, 4.69) is 15.5 Å². The number of piperazine rings is 1. The normalized spacial score (nSPS) is 15.5. The van der Waals surface area contributed by atoms with Gasteiger partial charge < -0.3 is 19.6 Å². The van der Waals surface area contributed by atoms with Crippen LogP contribution in [-0.2, 0) is 9.59 Å². The Morgan fingerprint density at radius 2 is 1.77 bits per heavy atom. The molecule has 2 rings (SSSR count). The summed E-state index contributed by atoms with van der Waals surface area (Å²) in [7, 11) is 0. The first kappa shape index (κ1) is 16.3. The third-order valence-electron chi connectivity index (χ3n) is 3.40. The van der Waals surface area contributed by atoms with Gasteiger partial charge in [0.15, 0.2) is 5.82 Å². The molecule has 8 heteroatoms. The van der Waals surface area contributed by atoms with Crippen LogP contribution < -0.4 is 10.2 Å². The van der Waals surface area contributed by atoms with Crippen LogP contribution in [0, 0.1) is 0 Å². The Morgan fingerprint density at radius 1 is 1.14 bits per heavy atom. The van der Waals surface area contributed by atoms with Crippen molar-refractivity contribution < 1.29 is 14.1 Å². The number of rotatable bonds is 3.